The monoisotopic (exact) mass is 272 g/mol. The maximum Gasteiger partial charge on any atom is 0.116 e. The number of aryl methyl sites for hydroxylation is 4. The molecular weight excluding hydrogens is 248 g/mol. The van der Waals surface area contributed by atoms with Crippen LogP contribution in [0.5, 0.6) is 11.5 Å². The molecule has 0 aliphatic heterocycles. The van der Waals surface area contributed by atoms with Gasteiger partial charge >= 0.3 is 0 Å². The lowest BCUT2D eigenvalue weighted by molar-refractivity contribution is 0.473. The minimum atomic E-state index is 0.362. The normalized spacial score (nSPS) is 9.90. The van der Waals surface area contributed by atoms with E-state index < -0.39 is 0 Å². The van der Waals surface area contributed by atoms with Crippen LogP contribution in [0.1, 0.15) is 33.4 Å². The molecule has 0 fully saturated rings. The van der Waals surface area contributed by atoms with Crippen LogP contribution in [0.3, 0.4) is 0 Å². The molecule has 2 heteroatoms. The molecule has 0 heterocycles. The predicted molar refractivity (Wildman–Crippen MR) is 84.6 cm³/mol. The first-order valence-corrected chi connectivity index (χ1v) is 6.76. The highest BCUT2D eigenvalue weighted by Gasteiger charge is 1.98. The molecule has 2 nitrogen and oxygen atoms in total. The minimum absolute atomic E-state index is 0.362. The highest BCUT2D eigenvalue weighted by atomic mass is 16.3. The molecule has 0 saturated heterocycles. The fraction of sp³-hybridized carbons (Fsp3) is 0.333. The molecule has 0 atom stereocenters. The first-order chi connectivity index (χ1) is 9.22. The number of benzene rings is 2. The van der Waals surface area contributed by atoms with Gasteiger partial charge in [-0.1, -0.05) is 0 Å². The van der Waals surface area contributed by atoms with Gasteiger partial charge in [0.15, 0.2) is 0 Å². The summed E-state index contributed by atoms with van der Waals surface area (Å²) in [6.45, 7) is 12.1. The van der Waals surface area contributed by atoms with E-state index in [2.05, 4.69) is 13.8 Å². The van der Waals surface area contributed by atoms with E-state index in [1.54, 1.807) is 24.3 Å². The van der Waals surface area contributed by atoms with Crippen LogP contribution in [0.2, 0.25) is 0 Å². The van der Waals surface area contributed by atoms with Crippen LogP contribution in [0.4, 0.5) is 0 Å². The van der Waals surface area contributed by atoms with Gasteiger partial charge in [-0.05, 0) is 99.2 Å². The van der Waals surface area contributed by atoms with Crippen molar-refractivity contribution in [2.45, 2.75) is 41.5 Å². The van der Waals surface area contributed by atoms with Gasteiger partial charge in [-0.15, -0.1) is 0 Å². The summed E-state index contributed by atoms with van der Waals surface area (Å²) >= 11 is 0. The van der Waals surface area contributed by atoms with E-state index in [1.165, 1.54) is 11.1 Å². The molecule has 2 rings (SSSR count). The van der Waals surface area contributed by atoms with Crippen molar-refractivity contribution in [3.63, 3.8) is 0 Å². The Balaban J connectivity index is 0.000000200. The van der Waals surface area contributed by atoms with E-state index in [9.17, 15) is 0 Å². The molecule has 2 aromatic carbocycles. The molecule has 0 aliphatic carbocycles. The Hall–Kier alpha value is -1.96. The van der Waals surface area contributed by atoms with Gasteiger partial charge in [0.1, 0.15) is 11.5 Å². The predicted octanol–water partition coefficient (Wildman–Crippen LogP) is 4.63. The summed E-state index contributed by atoms with van der Waals surface area (Å²) in [5.74, 6) is 0.723. The van der Waals surface area contributed by atoms with Crippen molar-refractivity contribution in [2.24, 2.45) is 0 Å². The Labute approximate surface area is 121 Å². The van der Waals surface area contributed by atoms with Crippen molar-refractivity contribution < 1.29 is 10.2 Å². The molecule has 108 valence electrons. The van der Waals surface area contributed by atoms with Crippen LogP contribution in [-0.4, -0.2) is 10.2 Å². The lowest BCUT2D eigenvalue weighted by atomic mass is 10.0. The number of rotatable bonds is 0. The highest BCUT2D eigenvalue weighted by molar-refractivity contribution is 5.39. The first-order valence-electron chi connectivity index (χ1n) is 6.76. The van der Waals surface area contributed by atoms with Crippen molar-refractivity contribution in [1.82, 2.24) is 0 Å². The third-order valence-corrected chi connectivity index (χ3v) is 3.82. The molecule has 0 aromatic heterocycles. The second-order valence-electron chi connectivity index (χ2n) is 5.41. The second kappa shape index (κ2) is 6.47. The van der Waals surface area contributed by atoms with Gasteiger partial charge in [0.25, 0.3) is 0 Å². The van der Waals surface area contributed by atoms with Crippen molar-refractivity contribution in [1.29, 1.82) is 0 Å². The van der Waals surface area contributed by atoms with E-state index in [-0.39, 0.29) is 0 Å². The minimum Gasteiger partial charge on any atom is -0.508 e. The van der Waals surface area contributed by atoms with Crippen LogP contribution >= 0.6 is 0 Å². The number of hydrogen-bond donors (Lipinski definition) is 2. The third kappa shape index (κ3) is 4.02. The van der Waals surface area contributed by atoms with E-state index in [4.69, 9.17) is 10.2 Å². The van der Waals surface area contributed by atoms with E-state index in [1.807, 2.05) is 27.7 Å². The highest BCUT2D eigenvalue weighted by Crippen LogP contribution is 2.19. The molecule has 2 aromatic rings. The number of aromatic hydroxyl groups is 2. The summed E-state index contributed by atoms with van der Waals surface area (Å²) in [6, 6.07) is 7.12. The van der Waals surface area contributed by atoms with Gasteiger partial charge in [0.2, 0.25) is 0 Å². The Morgan fingerprint density at radius 2 is 0.700 bits per heavy atom. The molecule has 0 amide bonds. The fourth-order valence-corrected chi connectivity index (χ4v) is 2.03. The Bertz CT molecular complexity index is 511. The van der Waals surface area contributed by atoms with Crippen LogP contribution in [0.15, 0.2) is 24.3 Å². The quantitative estimate of drug-likeness (QED) is 0.733. The zero-order valence-corrected chi connectivity index (χ0v) is 13.2. The Morgan fingerprint density at radius 3 is 0.900 bits per heavy atom. The number of phenols is 2. The van der Waals surface area contributed by atoms with Gasteiger partial charge < -0.3 is 10.2 Å². The number of hydrogen-bond acceptors (Lipinski definition) is 2. The zero-order chi connectivity index (χ0) is 15.4. The van der Waals surface area contributed by atoms with Gasteiger partial charge in [-0.3, -0.25) is 0 Å². The average Bonchev–Trinajstić information content (AvgIpc) is 2.33. The Kier molecular flexibility index (Phi) is 5.20. The number of phenolic OH excluding ortho intramolecular Hbond substituents is 2. The van der Waals surface area contributed by atoms with E-state index >= 15 is 0 Å². The molecule has 0 bridgehead atoms. The van der Waals surface area contributed by atoms with Gasteiger partial charge in [0, 0.05) is 0 Å². The van der Waals surface area contributed by atoms with Gasteiger partial charge in [-0.2, -0.15) is 0 Å². The molecule has 0 unspecified atom stereocenters. The van der Waals surface area contributed by atoms with Crippen LogP contribution in [-0.2, 0) is 0 Å². The summed E-state index contributed by atoms with van der Waals surface area (Å²) in [6.07, 6.45) is 0. The van der Waals surface area contributed by atoms with Gasteiger partial charge in [-0.25, -0.2) is 0 Å². The van der Waals surface area contributed by atoms with Gasteiger partial charge in [0.05, 0.1) is 0 Å². The lowest BCUT2D eigenvalue weighted by Crippen LogP contribution is -1.84. The molecular formula is C18H24O2. The maximum atomic E-state index is 9.12. The zero-order valence-electron chi connectivity index (χ0n) is 13.2. The molecule has 0 saturated carbocycles. The maximum absolute atomic E-state index is 9.12. The third-order valence-electron chi connectivity index (χ3n) is 3.82. The SMILES string of the molecule is Cc1cc(O)cc(C)c1C.Cc1cc(O)cc(C)c1C. The van der Waals surface area contributed by atoms with Crippen molar-refractivity contribution in [3.8, 4) is 11.5 Å². The average molecular weight is 272 g/mol. The topological polar surface area (TPSA) is 40.5 Å². The molecule has 2 N–H and O–H groups in total. The summed E-state index contributed by atoms with van der Waals surface area (Å²) in [7, 11) is 0. The molecule has 0 spiro atoms. The second-order valence-corrected chi connectivity index (χ2v) is 5.41. The smallest absolute Gasteiger partial charge is 0.116 e. The first kappa shape index (κ1) is 16.1. The fourth-order valence-electron chi connectivity index (χ4n) is 2.03. The summed E-state index contributed by atoms with van der Waals surface area (Å²) in [4.78, 5) is 0. The largest absolute Gasteiger partial charge is 0.508 e. The summed E-state index contributed by atoms with van der Waals surface area (Å²) in [5, 5.41) is 18.2. The van der Waals surface area contributed by atoms with Crippen LogP contribution in [0, 0.1) is 41.5 Å². The summed E-state index contributed by atoms with van der Waals surface area (Å²) in [5.41, 5.74) is 7.13. The van der Waals surface area contributed by atoms with E-state index in [0.717, 1.165) is 22.3 Å². The van der Waals surface area contributed by atoms with Crippen LogP contribution in [0.25, 0.3) is 0 Å². The Morgan fingerprint density at radius 1 is 0.500 bits per heavy atom. The van der Waals surface area contributed by atoms with Crippen LogP contribution < -0.4 is 0 Å². The summed E-state index contributed by atoms with van der Waals surface area (Å²) < 4.78 is 0. The standard InChI is InChI=1S/2C9H12O/c2*1-6-4-9(10)5-7(2)8(6)3/h2*4-5,10H,1-3H3. The van der Waals surface area contributed by atoms with E-state index in [0.29, 0.717) is 11.5 Å². The van der Waals surface area contributed by atoms with Crippen molar-refractivity contribution in [2.75, 3.05) is 0 Å². The lowest BCUT2D eigenvalue weighted by Gasteiger charge is -2.03. The van der Waals surface area contributed by atoms with Crippen molar-refractivity contribution >= 4 is 0 Å². The van der Waals surface area contributed by atoms with Crippen molar-refractivity contribution in [3.05, 3.63) is 57.6 Å². The molecule has 0 radical (unpaired) electrons. The molecule has 0 aliphatic rings. The molecule has 20 heavy (non-hydrogen) atoms.